The molecule has 2 aromatic carbocycles. The number of likely N-dealkylation sites (tertiary alicyclic amines) is 1. The lowest BCUT2D eigenvalue weighted by Gasteiger charge is -2.27. The van der Waals surface area contributed by atoms with Crippen LogP contribution < -0.4 is 4.74 Å². The van der Waals surface area contributed by atoms with Gasteiger partial charge in [0.25, 0.3) is 5.91 Å². The number of carbonyl (C=O) groups excluding carboxylic acids is 1. The fraction of sp³-hybridized carbons (Fsp3) is 0.435. The van der Waals surface area contributed by atoms with Crippen LogP contribution in [-0.4, -0.2) is 47.3 Å². The highest BCUT2D eigenvalue weighted by Gasteiger charge is 2.63. The molecule has 1 spiro atoms. The van der Waals surface area contributed by atoms with E-state index in [0.717, 1.165) is 18.4 Å². The van der Waals surface area contributed by atoms with Crippen LogP contribution in [0.1, 0.15) is 28.8 Å². The van der Waals surface area contributed by atoms with Crippen molar-refractivity contribution in [1.29, 1.82) is 0 Å². The van der Waals surface area contributed by atoms with E-state index in [0.29, 0.717) is 31.0 Å². The summed E-state index contributed by atoms with van der Waals surface area (Å²) >= 11 is 0. The third kappa shape index (κ3) is 2.81. The number of hydrogen-bond donors (Lipinski definition) is 1. The number of fused-ring (bicyclic) bond motifs is 1. The molecule has 146 valence electrons. The molecule has 4 atom stereocenters. The van der Waals surface area contributed by atoms with Crippen LogP contribution in [0.5, 0.6) is 5.75 Å². The summed E-state index contributed by atoms with van der Waals surface area (Å²) in [5.74, 6) is 0.972. The molecule has 5 heteroatoms. The number of ether oxygens (including phenoxy) is 2. The van der Waals surface area contributed by atoms with E-state index in [1.807, 2.05) is 59.5 Å². The smallest absolute Gasteiger partial charge is 0.257 e. The van der Waals surface area contributed by atoms with Gasteiger partial charge in [0.05, 0.1) is 23.8 Å². The number of para-hydroxylation sites is 1. The zero-order chi connectivity index (χ0) is 19.1. The molecule has 0 aliphatic carbocycles. The second-order valence-electron chi connectivity index (χ2n) is 8.17. The van der Waals surface area contributed by atoms with Gasteiger partial charge in [-0.3, -0.25) is 4.79 Å². The van der Waals surface area contributed by atoms with E-state index in [-0.39, 0.29) is 36.1 Å². The number of benzene rings is 2. The third-order valence-electron chi connectivity index (χ3n) is 6.64. The lowest BCUT2D eigenvalue weighted by atomic mass is 9.74. The van der Waals surface area contributed by atoms with Crippen LogP contribution in [0, 0.1) is 11.8 Å². The Morgan fingerprint density at radius 1 is 1.18 bits per heavy atom. The van der Waals surface area contributed by atoms with Gasteiger partial charge in [0.15, 0.2) is 0 Å². The predicted octanol–water partition coefficient (Wildman–Crippen LogP) is 2.88. The minimum Gasteiger partial charge on any atom is -0.488 e. The van der Waals surface area contributed by atoms with Crippen LogP contribution in [0.25, 0.3) is 0 Å². The summed E-state index contributed by atoms with van der Waals surface area (Å²) in [6, 6.07) is 17.4. The molecule has 3 saturated heterocycles. The number of aliphatic hydroxyl groups excluding tert-OH is 1. The highest BCUT2D eigenvalue weighted by atomic mass is 16.5. The van der Waals surface area contributed by atoms with Gasteiger partial charge in [-0.15, -0.1) is 0 Å². The number of carbonyl (C=O) groups is 1. The summed E-state index contributed by atoms with van der Waals surface area (Å²) < 4.78 is 12.2. The maximum atomic E-state index is 13.3. The summed E-state index contributed by atoms with van der Waals surface area (Å²) in [6.45, 7) is 1.81. The van der Waals surface area contributed by atoms with E-state index in [2.05, 4.69) is 0 Å². The Hall–Kier alpha value is -2.37. The first-order valence-electron chi connectivity index (χ1n) is 10.0. The van der Waals surface area contributed by atoms with Gasteiger partial charge in [0.2, 0.25) is 0 Å². The molecule has 1 amide bonds. The monoisotopic (exact) mass is 379 g/mol. The summed E-state index contributed by atoms with van der Waals surface area (Å²) in [5, 5.41) is 9.79. The SMILES string of the molecule is O=C(c1ccccc1OCc1ccccc1)N1C[C@@H]2[C@H](CO)[C@H]3CC[C@]2(C1)O3. The second kappa shape index (κ2) is 6.90. The topological polar surface area (TPSA) is 59.0 Å². The summed E-state index contributed by atoms with van der Waals surface area (Å²) in [5.41, 5.74) is 1.40. The van der Waals surface area contributed by atoms with Crippen molar-refractivity contribution in [3.63, 3.8) is 0 Å². The minimum atomic E-state index is -0.256. The number of rotatable bonds is 5. The Labute approximate surface area is 164 Å². The standard InChI is InChI=1S/C23H25NO4/c25-13-18-19-12-24(15-23(19)11-10-21(18)28-23)22(26)17-8-4-5-9-20(17)27-14-16-6-2-1-3-7-16/h1-9,18-19,21,25H,10-15H2/t18-,19+,21+,23+/m0/s1. The number of aliphatic hydroxyl groups is 1. The van der Waals surface area contributed by atoms with Crippen LogP contribution in [-0.2, 0) is 11.3 Å². The average Bonchev–Trinajstić information content (AvgIpc) is 3.40. The Morgan fingerprint density at radius 2 is 1.96 bits per heavy atom. The van der Waals surface area contributed by atoms with E-state index in [1.54, 1.807) is 0 Å². The molecular formula is C23H25NO4. The lowest BCUT2D eigenvalue weighted by Crippen LogP contribution is -2.38. The van der Waals surface area contributed by atoms with E-state index in [1.165, 1.54) is 0 Å². The maximum Gasteiger partial charge on any atom is 0.257 e. The molecule has 1 N–H and O–H groups in total. The second-order valence-corrected chi connectivity index (χ2v) is 8.17. The molecule has 3 heterocycles. The maximum absolute atomic E-state index is 13.3. The number of amides is 1. The molecule has 2 bridgehead atoms. The van der Waals surface area contributed by atoms with Gasteiger partial charge < -0.3 is 19.5 Å². The van der Waals surface area contributed by atoms with Crippen molar-refractivity contribution in [2.24, 2.45) is 11.8 Å². The Balaban J connectivity index is 1.34. The van der Waals surface area contributed by atoms with Gasteiger partial charge >= 0.3 is 0 Å². The molecule has 0 unspecified atom stereocenters. The first kappa shape index (κ1) is 17.7. The molecule has 28 heavy (non-hydrogen) atoms. The van der Waals surface area contributed by atoms with Gasteiger partial charge in [0, 0.05) is 25.0 Å². The van der Waals surface area contributed by atoms with Gasteiger partial charge in [-0.1, -0.05) is 42.5 Å². The molecule has 2 aromatic rings. The van der Waals surface area contributed by atoms with E-state index < -0.39 is 0 Å². The van der Waals surface area contributed by atoms with Gasteiger partial charge in [-0.25, -0.2) is 0 Å². The Kier molecular flexibility index (Phi) is 4.37. The van der Waals surface area contributed by atoms with Gasteiger partial charge in [-0.2, -0.15) is 0 Å². The Morgan fingerprint density at radius 3 is 2.79 bits per heavy atom. The van der Waals surface area contributed by atoms with Crippen molar-refractivity contribution < 1.29 is 19.4 Å². The van der Waals surface area contributed by atoms with E-state index in [4.69, 9.17) is 9.47 Å². The van der Waals surface area contributed by atoms with Crippen LogP contribution in [0.3, 0.4) is 0 Å². The van der Waals surface area contributed by atoms with Crippen molar-refractivity contribution in [3.05, 3.63) is 65.7 Å². The third-order valence-corrected chi connectivity index (χ3v) is 6.64. The normalized spacial score (nSPS) is 30.5. The van der Waals surface area contributed by atoms with Crippen LogP contribution >= 0.6 is 0 Å². The largest absolute Gasteiger partial charge is 0.488 e. The van der Waals surface area contributed by atoms with Crippen LogP contribution in [0.15, 0.2) is 54.6 Å². The molecule has 5 rings (SSSR count). The predicted molar refractivity (Wildman–Crippen MR) is 104 cm³/mol. The van der Waals surface area contributed by atoms with Crippen molar-refractivity contribution in [2.75, 3.05) is 19.7 Å². The molecule has 5 nitrogen and oxygen atoms in total. The minimum absolute atomic E-state index is 0.0174. The fourth-order valence-corrected chi connectivity index (χ4v) is 5.26. The van der Waals surface area contributed by atoms with E-state index in [9.17, 15) is 9.90 Å². The molecule has 3 fully saturated rings. The zero-order valence-electron chi connectivity index (χ0n) is 15.8. The summed E-state index contributed by atoms with van der Waals surface area (Å²) in [4.78, 5) is 15.2. The molecule has 0 radical (unpaired) electrons. The fourth-order valence-electron chi connectivity index (χ4n) is 5.26. The molecule has 0 aromatic heterocycles. The highest BCUT2D eigenvalue weighted by Crippen LogP contribution is 2.54. The first-order valence-corrected chi connectivity index (χ1v) is 10.0. The van der Waals surface area contributed by atoms with Crippen molar-refractivity contribution in [1.82, 2.24) is 4.90 Å². The number of hydrogen-bond acceptors (Lipinski definition) is 4. The molecule has 3 aliphatic heterocycles. The highest BCUT2D eigenvalue weighted by molar-refractivity contribution is 5.97. The zero-order valence-corrected chi connectivity index (χ0v) is 15.8. The molecular weight excluding hydrogens is 354 g/mol. The van der Waals surface area contributed by atoms with Gasteiger partial charge in [-0.05, 0) is 30.5 Å². The van der Waals surface area contributed by atoms with Crippen molar-refractivity contribution in [2.45, 2.75) is 31.2 Å². The molecule has 0 saturated carbocycles. The summed E-state index contributed by atoms with van der Waals surface area (Å²) in [6.07, 6.45) is 2.13. The quantitative estimate of drug-likeness (QED) is 0.868. The number of nitrogens with zero attached hydrogens (tertiary/aromatic N) is 1. The first-order chi connectivity index (χ1) is 13.7. The van der Waals surface area contributed by atoms with Crippen molar-refractivity contribution in [3.8, 4) is 5.75 Å². The van der Waals surface area contributed by atoms with Gasteiger partial charge in [0.1, 0.15) is 12.4 Å². The van der Waals surface area contributed by atoms with E-state index >= 15 is 0 Å². The lowest BCUT2D eigenvalue weighted by molar-refractivity contribution is 0.00150. The van der Waals surface area contributed by atoms with Crippen LogP contribution in [0.2, 0.25) is 0 Å². The summed E-state index contributed by atoms with van der Waals surface area (Å²) in [7, 11) is 0. The van der Waals surface area contributed by atoms with Crippen LogP contribution in [0.4, 0.5) is 0 Å². The molecule has 3 aliphatic rings. The average molecular weight is 379 g/mol. The van der Waals surface area contributed by atoms with Crippen molar-refractivity contribution >= 4 is 5.91 Å². The Bertz CT molecular complexity index is 870.